The van der Waals surface area contributed by atoms with Crippen LogP contribution >= 0.6 is 0 Å². The summed E-state index contributed by atoms with van der Waals surface area (Å²) >= 11 is 0. The van der Waals surface area contributed by atoms with E-state index in [0.29, 0.717) is 22.5 Å². The first-order valence-electron chi connectivity index (χ1n) is 9.26. The molecule has 0 bridgehead atoms. The highest BCUT2D eigenvalue weighted by Crippen LogP contribution is 2.21. The first-order valence-corrected chi connectivity index (χ1v) is 9.26. The van der Waals surface area contributed by atoms with Crippen molar-refractivity contribution >= 4 is 17.5 Å². The Hall–Kier alpha value is -3.94. The zero-order valence-electron chi connectivity index (χ0n) is 16.6. The summed E-state index contributed by atoms with van der Waals surface area (Å²) in [6.45, 7) is 2.12. The molecule has 3 rings (SSSR count). The van der Waals surface area contributed by atoms with E-state index in [2.05, 4.69) is 5.32 Å². The minimum atomic E-state index is -0.474. The van der Waals surface area contributed by atoms with Gasteiger partial charge in [-0.1, -0.05) is 12.1 Å². The number of nitrogens with zero attached hydrogens (tertiary/aromatic N) is 2. The van der Waals surface area contributed by atoms with Gasteiger partial charge in [0.15, 0.2) is 0 Å². The normalized spacial score (nSPS) is 10.5. The van der Waals surface area contributed by atoms with Crippen LogP contribution in [0.5, 0.6) is 0 Å². The fourth-order valence-electron chi connectivity index (χ4n) is 3.09. The molecule has 1 N–H and O–H groups in total. The number of furan rings is 1. The molecule has 0 radical (unpaired) electrons. The summed E-state index contributed by atoms with van der Waals surface area (Å²) in [5, 5.41) is 13.6. The van der Waals surface area contributed by atoms with Gasteiger partial charge in [-0.2, -0.15) is 0 Å². The van der Waals surface area contributed by atoms with Crippen LogP contribution < -0.4 is 5.32 Å². The van der Waals surface area contributed by atoms with E-state index in [1.54, 1.807) is 55.3 Å². The Morgan fingerprint density at radius 1 is 1.07 bits per heavy atom. The van der Waals surface area contributed by atoms with Gasteiger partial charge in [0.05, 0.1) is 17.7 Å². The largest absolute Gasteiger partial charge is 0.467 e. The number of nitro benzene ring substituents is 1. The Morgan fingerprint density at radius 3 is 2.33 bits per heavy atom. The highest BCUT2D eigenvalue weighted by atomic mass is 16.6. The van der Waals surface area contributed by atoms with Gasteiger partial charge < -0.3 is 14.6 Å². The van der Waals surface area contributed by atoms with E-state index >= 15 is 0 Å². The number of hydrogen-bond acceptors (Lipinski definition) is 5. The number of benzene rings is 2. The first-order chi connectivity index (χ1) is 14.4. The van der Waals surface area contributed by atoms with E-state index in [1.807, 2.05) is 0 Å². The monoisotopic (exact) mass is 407 g/mol. The molecule has 0 aliphatic heterocycles. The lowest BCUT2D eigenvalue weighted by Gasteiger charge is -2.22. The number of nitrogens with one attached hydrogen (secondary N) is 1. The Labute approximate surface area is 173 Å². The van der Waals surface area contributed by atoms with Crippen LogP contribution in [-0.2, 0) is 13.1 Å². The van der Waals surface area contributed by atoms with Gasteiger partial charge in [-0.15, -0.1) is 0 Å². The smallest absolute Gasteiger partial charge is 0.272 e. The predicted molar refractivity (Wildman–Crippen MR) is 110 cm³/mol. The standard InChI is InChI=1S/C22H21N3O5/c1-15-12-18(9-10-20(15)25(28)29)22(27)24(14-19-4-3-11-30-19)13-16-5-7-17(8-6-16)21(26)23-2/h3-12H,13-14H2,1-2H3,(H,23,26). The Morgan fingerprint density at radius 2 is 1.77 bits per heavy atom. The summed E-state index contributed by atoms with van der Waals surface area (Å²) < 4.78 is 5.39. The molecule has 1 aromatic heterocycles. The average Bonchev–Trinajstić information content (AvgIpc) is 3.25. The van der Waals surface area contributed by atoms with Crippen molar-refractivity contribution in [1.82, 2.24) is 10.2 Å². The molecule has 0 saturated heterocycles. The van der Waals surface area contributed by atoms with Crippen molar-refractivity contribution in [2.24, 2.45) is 0 Å². The van der Waals surface area contributed by atoms with Crippen molar-refractivity contribution in [3.8, 4) is 0 Å². The fraction of sp³-hybridized carbons (Fsp3) is 0.182. The maximum absolute atomic E-state index is 13.2. The number of rotatable bonds is 7. The highest BCUT2D eigenvalue weighted by molar-refractivity contribution is 5.95. The third-order valence-corrected chi connectivity index (χ3v) is 4.67. The van der Waals surface area contributed by atoms with Crippen molar-refractivity contribution < 1.29 is 18.9 Å². The summed E-state index contributed by atoms with van der Waals surface area (Å²) in [7, 11) is 1.56. The first kappa shape index (κ1) is 20.8. The lowest BCUT2D eigenvalue weighted by molar-refractivity contribution is -0.385. The minimum absolute atomic E-state index is 0.0334. The van der Waals surface area contributed by atoms with Crippen LogP contribution in [0.1, 0.15) is 37.6 Å². The second kappa shape index (κ2) is 9.04. The molecular formula is C22H21N3O5. The molecule has 8 nitrogen and oxygen atoms in total. The second-order valence-electron chi connectivity index (χ2n) is 6.78. The van der Waals surface area contributed by atoms with Gasteiger partial charge in [-0.3, -0.25) is 19.7 Å². The quantitative estimate of drug-likeness (QED) is 0.475. The van der Waals surface area contributed by atoms with Crippen molar-refractivity contribution in [2.75, 3.05) is 7.05 Å². The minimum Gasteiger partial charge on any atom is -0.467 e. The number of aryl methyl sites for hydroxylation is 1. The molecule has 0 aliphatic rings. The van der Waals surface area contributed by atoms with E-state index in [0.717, 1.165) is 5.56 Å². The summed E-state index contributed by atoms with van der Waals surface area (Å²) in [5.74, 6) is 0.148. The van der Waals surface area contributed by atoms with Crippen LogP contribution in [0.2, 0.25) is 0 Å². The Kier molecular flexibility index (Phi) is 6.26. The van der Waals surface area contributed by atoms with E-state index in [1.165, 1.54) is 24.5 Å². The molecule has 8 heteroatoms. The molecule has 0 spiro atoms. The maximum Gasteiger partial charge on any atom is 0.272 e. The van der Waals surface area contributed by atoms with Crippen LogP contribution in [0.4, 0.5) is 5.69 Å². The van der Waals surface area contributed by atoms with Gasteiger partial charge in [0.2, 0.25) is 0 Å². The van der Waals surface area contributed by atoms with Crippen LogP contribution in [-0.4, -0.2) is 28.7 Å². The van der Waals surface area contributed by atoms with Gasteiger partial charge in [-0.25, -0.2) is 0 Å². The van der Waals surface area contributed by atoms with Crippen molar-refractivity contribution in [3.63, 3.8) is 0 Å². The van der Waals surface area contributed by atoms with E-state index in [4.69, 9.17) is 4.42 Å². The SMILES string of the molecule is CNC(=O)c1ccc(CN(Cc2ccco2)C(=O)c2ccc([N+](=O)[O-])c(C)c2)cc1. The lowest BCUT2D eigenvalue weighted by Crippen LogP contribution is -2.30. The van der Waals surface area contributed by atoms with Gasteiger partial charge >= 0.3 is 0 Å². The van der Waals surface area contributed by atoms with Crippen LogP contribution in [0.15, 0.2) is 65.3 Å². The number of hydrogen-bond donors (Lipinski definition) is 1. The van der Waals surface area contributed by atoms with Crippen molar-refractivity contribution in [2.45, 2.75) is 20.0 Å². The molecule has 154 valence electrons. The maximum atomic E-state index is 13.2. The Bertz CT molecular complexity index is 1060. The average molecular weight is 407 g/mol. The molecule has 0 atom stereocenters. The van der Waals surface area contributed by atoms with E-state index < -0.39 is 4.92 Å². The summed E-state index contributed by atoms with van der Waals surface area (Å²) in [4.78, 5) is 37.1. The van der Waals surface area contributed by atoms with Crippen LogP contribution in [0.25, 0.3) is 0 Å². The molecule has 0 fully saturated rings. The molecule has 1 heterocycles. The van der Waals surface area contributed by atoms with Gasteiger partial charge in [0.1, 0.15) is 5.76 Å². The number of amides is 2. The molecule has 3 aromatic rings. The number of nitro groups is 1. The second-order valence-corrected chi connectivity index (χ2v) is 6.78. The van der Waals surface area contributed by atoms with Crippen LogP contribution in [0, 0.1) is 17.0 Å². The van der Waals surface area contributed by atoms with Crippen LogP contribution in [0.3, 0.4) is 0 Å². The molecule has 30 heavy (non-hydrogen) atoms. The fourth-order valence-corrected chi connectivity index (χ4v) is 3.09. The molecule has 0 saturated carbocycles. The topological polar surface area (TPSA) is 106 Å². The summed E-state index contributed by atoms with van der Waals surface area (Å²) in [6, 6.07) is 14.8. The van der Waals surface area contributed by atoms with Crippen molar-refractivity contribution in [1.29, 1.82) is 0 Å². The van der Waals surface area contributed by atoms with Gasteiger partial charge in [0, 0.05) is 36.3 Å². The highest BCUT2D eigenvalue weighted by Gasteiger charge is 2.20. The van der Waals surface area contributed by atoms with E-state index in [-0.39, 0.29) is 30.6 Å². The molecule has 0 unspecified atom stereocenters. The third kappa shape index (κ3) is 4.72. The zero-order chi connectivity index (χ0) is 21.7. The number of carbonyl (C=O) groups is 2. The summed E-state index contributed by atoms with van der Waals surface area (Å²) in [5.41, 5.74) is 2.09. The molecule has 2 aromatic carbocycles. The predicted octanol–water partition coefficient (Wildman–Crippen LogP) is 3.70. The van der Waals surface area contributed by atoms with Gasteiger partial charge in [-0.05, 0) is 48.9 Å². The molecule has 0 aliphatic carbocycles. The Balaban J connectivity index is 1.87. The van der Waals surface area contributed by atoms with Gasteiger partial charge in [0.25, 0.3) is 17.5 Å². The van der Waals surface area contributed by atoms with E-state index in [9.17, 15) is 19.7 Å². The lowest BCUT2D eigenvalue weighted by atomic mass is 10.1. The number of carbonyl (C=O) groups excluding carboxylic acids is 2. The zero-order valence-corrected chi connectivity index (χ0v) is 16.6. The van der Waals surface area contributed by atoms with Crippen molar-refractivity contribution in [3.05, 3.63) is 99.0 Å². The molecular weight excluding hydrogens is 386 g/mol. The third-order valence-electron chi connectivity index (χ3n) is 4.67. The molecule has 2 amide bonds. The summed E-state index contributed by atoms with van der Waals surface area (Å²) in [6.07, 6.45) is 1.53.